The fourth-order valence-corrected chi connectivity index (χ4v) is 0.769. The number of carbonyl (C=O) groups excluding carboxylic acids is 1. The van der Waals surface area contributed by atoms with E-state index < -0.39 is 5.97 Å². The second-order valence-corrected chi connectivity index (χ2v) is 2.11. The van der Waals surface area contributed by atoms with Crippen LogP contribution in [-0.2, 0) is 14.4 Å². The van der Waals surface area contributed by atoms with Crippen LogP contribution < -0.4 is 0 Å². The van der Waals surface area contributed by atoms with Gasteiger partial charge in [0.25, 0.3) is 0 Å². The Balaban J connectivity index is 2.89. The minimum atomic E-state index is -0.424. The van der Waals surface area contributed by atoms with Crippen molar-refractivity contribution in [3.8, 4) is 0 Å². The molecule has 0 saturated heterocycles. The number of esters is 1. The van der Waals surface area contributed by atoms with Gasteiger partial charge >= 0.3 is 5.97 Å². The van der Waals surface area contributed by atoms with Gasteiger partial charge in [-0.25, -0.2) is 4.79 Å². The molecule has 0 aromatic rings. The van der Waals surface area contributed by atoms with Crippen LogP contribution in [0.15, 0.2) is 16.8 Å². The second kappa shape index (κ2) is 3.18. The van der Waals surface area contributed by atoms with Gasteiger partial charge in [-0.2, -0.15) is 0 Å². The number of cyclic esters (lactones) is 1. The predicted octanol–water partition coefficient (Wildman–Crippen LogP) is 0.492. The number of oxime groups is 1. The first kappa shape index (κ1) is 7.78. The summed E-state index contributed by atoms with van der Waals surface area (Å²) >= 11 is 0. The van der Waals surface area contributed by atoms with Gasteiger partial charge in [0, 0.05) is 0 Å². The molecule has 0 aliphatic carbocycles. The van der Waals surface area contributed by atoms with Gasteiger partial charge in [0.1, 0.15) is 13.7 Å². The number of hydrogen-bond donors (Lipinski definition) is 0. The van der Waals surface area contributed by atoms with Crippen molar-refractivity contribution in [2.24, 2.45) is 5.16 Å². The molecule has 0 bridgehead atoms. The van der Waals surface area contributed by atoms with Gasteiger partial charge in [0.15, 0.2) is 5.71 Å². The maximum absolute atomic E-state index is 10.9. The van der Waals surface area contributed by atoms with Crippen LogP contribution in [0.5, 0.6) is 0 Å². The molecule has 1 rings (SSSR count). The first-order valence-corrected chi connectivity index (χ1v) is 3.21. The Morgan fingerprint density at radius 3 is 3.00 bits per heavy atom. The third-order valence-electron chi connectivity index (χ3n) is 1.35. The van der Waals surface area contributed by atoms with Crippen LogP contribution in [0.2, 0.25) is 0 Å². The Morgan fingerprint density at radius 1 is 1.73 bits per heavy atom. The fourth-order valence-electron chi connectivity index (χ4n) is 0.769. The molecule has 4 nitrogen and oxygen atoms in total. The lowest BCUT2D eigenvalue weighted by molar-refractivity contribution is -0.134. The van der Waals surface area contributed by atoms with Crippen LogP contribution >= 0.6 is 0 Å². The summed E-state index contributed by atoms with van der Waals surface area (Å²) in [4.78, 5) is 15.4. The van der Waals surface area contributed by atoms with Crippen molar-refractivity contribution in [2.45, 2.75) is 6.92 Å². The molecule has 0 unspecified atom stereocenters. The van der Waals surface area contributed by atoms with Crippen molar-refractivity contribution in [1.29, 1.82) is 0 Å². The molecule has 1 heterocycles. The Morgan fingerprint density at radius 2 is 2.45 bits per heavy atom. The predicted molar refractivity (Wildman–Crippen MR) is 39.2 cm³/mol. The largest absolute Gasteiger partial charge is 0.457 e. The summed E-state index contributed by atoms with van der Waals surface area (Å²) < 4.78 is 4.69. The monoisotopic (exact) mass is 155 g/mol. The van der Waals surface area contributed by atoms with E-state index >= 15 is 0 Å². The Bertz CT molecular complexity index is 230. The maximum Gasteiger partial charge on any atom is 0.360 e. The number of nitrogens with zero attached hydrogens (tertiary/aromatic N) is 1. The average molecular weight is 155 g/mol. The molecule has 11 heavy (non-hydrogen) atoms. The van der Waals surface area contributed by atoms with E-state index in [1.165, 1.54) is 7.11 Å². The number of ether oxygens (including phenoxy) is 1. The van der Waals surface area contributed by atoms with Crippen LogP contribution in [0.4, 0.5) is 0 Å². The molecule has 4 heteroatoms. The topological polar surface area (TPSA) is 47.9 Å². The number of rotatable bonds is 1. The van der Waals surface area contributed by atoms with E-state index in [9.17, 15) is 4.79 Å². The summed E-state index contributed by atoms with van der Waals surface area (Å²) in [5, 5.41) is 3.52. The standard InChI is InChI=1S/C7H9NO3/c1-5-3-4-11-7(9)6(5)8-10-2/h3H,4H2,1-2H3/b8-6+. The minimum Gasteiger partial charge on any atom is -0.457 e. The highest BCUT2D eigenvalue weighted by Gasteiger charge is 2.19. The number of carbonyl (C=O) groups is 1. The lowest BCUT2D eigenvalue weighted by atomic mass is 10.1. The van der Waals surface area contributed by atoms with Crippen LogP contribution in [0.3, 0.4) is 0 Å². The molecule has 0 atom stereocenters. The molecule has 0 radical (unpaired) electrons. The molecule has 0 N–H and O–H groups in total. The molecule has 60 valence electrons. The summed E-state index contributed by atoms with van der Waals surface area (Å²) in [5.41, 5.74) is 1.04. The zero-order valence-corrected chi connectivity index (χ0v) is 6.46. The highest BCUT2D eigenvalue weighted by atomic mass is 16.6. The minimum absolute atomic E-state index is 0.249. The summed E-state index contributed by atoms with van der Waals surface area (Å²) in [6, 6.07) is 0. The van der Waals surface area contributed by atoms with E-state index in [0.717, 1.165) is 5.57 Å². The normalized spacial score (nSPS) is 21.1. The van der Waals surface area contributed by atoms with Gasteiger partial charge in [-0.15, -0.1) is 0 Å². The van der Waals surface area contributed by atoms with Gasteiger partial charge < -0.3 is 9.57 Å². The lowest BCUT2D eigenvalue weighted by Gasteiger charge is -2.10. The summed E-state index contributed by atoms with van der Waals surface area (Å²) in [5.74, 6) is -0.424. The first-order valence-electron chi connectivity index (χ1n) is 3.21. The van der Waals surface area contributed by atoms with Gasteiger partial charge in [0.2, 0.25) is 0 Å². The summed E-state index contributed by atoms with van der Waals surface area (Å²) in [6.07, 6.45) is 1.78. The quantitative estimate of drug-likeness (QED) is 0.409. The van der Waals surface area contributed by atoms with Crippen molar-refractivity contribution in [1.82, 2.24) is 0 Å². The number of hydrogen-bond acceptors (Lipinski definition) is 4. The molecule has 0 aromatic carbocycles. The van der Waals surface area contributed by atoms with Crippen molar-refractivity contribution < 1.29 is 14.4 Å². The Kier molecular flexibility index (Phi) is 2.25. The first-order chi connectivity index (χ1) is 5.25. The summed E-state index contributed by atoms with van der Waals surface area (Å²) in [6.45, 7) is 2.12. The molecule has 1 aliphatic heterocycles. The molecule has 0 aromatic heterocycles. The van der Waals surface area contributed by atoms with Crippen LogP contribution in [0.1, 0.15) is 6.92 Å². The average Bonchev–Trinajstić information content (AvgIpc) is 1.97. The van der Waals surface area contributed by atoms with Crippen molar-refractivity contribution >= 4 is 11.7 Å². The zero-order chi connectivity index (χ0) is 8.27. The van der Waals surface area contributed by atoms with Crippen molar-refractivity contribution in [3.63, 3.8) is 0 Å². The third-order valence-corrected chi connectivity index (χ3v) is 1.35. The van der Waals surface area contributed by atoms with Gasteiger partial charge in [-0.1, -0.05) is 5.16 Å². The Labute approximate surface area is 64.5 Å². The fraction of sp³-hybridized carbons (Fsp3) is 0.429. The molecule has 1 aliphatic rings. The van der Waals surface area contributed by atoms with E-state index in [1.807, 2.05) is 0 Å². The molecular weight excluding hydrogens is 146 g/mol. The molecule has 0 amide bonds. The second-order valence-electron chi connectivity index (χ2n) is 2.11. The molecule has 0 saturated carbocycles. The smallest absolute Gasteiger partial charge is 0.360 e. The van der Waals surface area contributed by atoms with E-state index in [1.54, 1.807) is 13.0 Å². The Hall–Kier alpha value is -1.32. The highest BCUT2D eigenvalue weighted by Crippen LogP contribution is 2.05. The van der Waals surface area contributed by atoms with E-state index in [4.69, 9.17) is 0 Å². The van der Waals surface area contributed by atoms with E-state index in [-0.39, 0.29) is 5.71 Å². The van der Waals surface area contributed by atoms with Crippen LogP contribution in [0, 0.1) is 0 Å². The van der Waals surface area contributed by atoms with Gasteiger partial charge in [0.05, 0.1) is 0 Å². The van der Waals surface area contributed by atoms with Crippen molar-refractivity contribution in [2.75, 3.05) is 13.7 Å². The SMILES string of the molecule is CO/N=C1/C(=O)OCC=C1C. The van der Waals surface area contributed by atoms with E-state index in [2.05, 4.69) is 14.7 Å². The molecule has 0 fully saturated rings. The molecule has 0 spiro atoms. The summed E-state index contributed by atoms with van der Waals surface area (Å²) in [7, 11) is 1.39. The lowest BCUT2D eigenvalue weighted by Crippen LogP contribution is -2.23. The van der Waals surface area contributed by atoms with Gasteiger partial charge in [-0.05, 0) is 18.6 Å². The van der Waals surface area contributed by atoms with Gasteiger partial charge in [-0.3, -0.25) is 0 Å². The zero-order valence-electron chi connectivity index (χ0n) is 6.46. The maximum atomic E-state index is 10.9. The highest BCUT2D eigenvalue weighted by molar-refractivity contribution is 6.43. The molecular formula is C7H9NO3. The van der Waals surface area contributed by atoms with Crippen LogP contribution in [-0.4, -0.2) is 25.4 Å². The van der Waals surface area contributed by atoms with E-state index in [0.29, 0.717) is 6.61 Å². The van der Waals surface area contributed by atoms with Crippen LogP contribution in [0.25, 0.3) is 0 Å². The van der Waals surface area contributed by atoms with Crippen molar-refractivity contribution in [3.05, 3.63) is 11.6 Å². The third kappa shape index (κ3) is 1.58.